The van der Waals surface area contributed by atoms with Crippen LogP contribution in [0.3, 0.4) is 0 Å². The Labute approximate surface area is 169 Å². The van der Waals surface area contributed by atoms with Gasteiger partial charge in [0.25, 0.3) is 11.8 Å². The van der Waals surface area contributed by atoms with Gasteiger partial charge in [0.2, 0.25) is 0 Å². The Morgan fingerprint density at radius 1 is 0.929 bits per heavy atom. The molecular formula is C22H23NO4S. The molecule has 146 valence electrons. The van der Waals surface area contributed by atoms with Crippen molar-refractivity contribution in [3.8, 4) is 5.75 Å². The third-order valence-corrected chi connectivity index (χ3v) is 5.60. The SMILES string of the molecule is COCCCN1C(=O)C(SCc2ccccc2)=C(c2ccccc2OC)C1=O. The van der Waals surface area contributed by atoms with Gasteiger partial charge >= 0.3 is 0 Å². The van der Waals surface area contributed by atoms with Gasteiger partial charge < -0.3 is 9.47 Å². The Kier molecular flexibility index (Phi) is 6.90. The molecule has 6 heteroatoms. The van der Waals surface area contributed by atoms with E-state index in [1.807, 2.05) is 48.5 Å². The summed E-state index contributed by atoms with van der Waals surface area (Å²) < 4.78 is 10.5. The average molecular weight is 397 g/mol. The van der Waals surface area contributed by atoms with Gasteiger partial charge in [-0.3, -0.25) is 14.5 Å². The zero-order valence-electron chi connectivity index (χ0n) is 16.0. The summed E-state index contributed by atoms with van der Waals surface area (Å²) in [5.74, 6) is 0.666. The Balaban J connectivity index is 1.95. The molecule has 1 heterocycles. The van der Waals surface area contributed by atoms with E-state index in [-0.39, 0.29) is 11.8 Å². The summed E-state index contributed by atoms with van der Waals surface area (Å²) in [6.07, 6.45) is 0.601. The predicted octanol–water partition coefficient (Wildman–Crippen LogP) is 3.75. The number of para-hydroxylation sites is 1. The third-order valence-electron chi connectivity index (χ3n) is 4.46. The highest BCUT2D eigenvalue weighted by molar-refractivity contribution is 8.03. The summed E-state index contributed by atoms with van der Waals surface area (Å²) in [7, 11) is 3.17. The second kappa shape index (κ2) is 9.57. The van der Waals surface area contributed by atoms with Gasteiger partial charge in [0.05, 0.1) is 17.6 Å². The lowest BCUT2D eigenvalue weighted by Crippen LogP contribution is -2.33. The van der Waals surface area contributed by atoms with Gasteiger partial charge in [-0.2, -0.15) is 0 Å². The van der Waals surface area contributed by atoms with Gasteiger partial charge in [-0.1, -0.05) is 48.5 Å². The van der Waals surface area contributed by atoms with E-state index in [0.717, 1.165) is 5.56 Å². The van der Waals surface area contributed by atoms with Crippen molar-refractivity contribution in [2.75, 3.05) is 27.4 Å². The fraction of sp³-hybridized carbons (Fsp3) is 0.273. The maximum Gasteiger partial charge on any atom is 0.267 e. The zero-order chi connectivity index (χ0) is 19.9. The van der Waals surface area contributed by atoms with E-state index in [1.54, 1.807) is 20.3 Å². The van der Waals surface area contributed by atoms with Crippen LogP contribution in [-0.2, 0) is 20.1 Å². The Morgan fingerprint density at radius 2 is 1.64 bits per heavy atom. The highest BCUT2D eigenvalue weighted by Gasteiger charge is 2.39. The first-order chi connectivity index (χ1) is 13.7. The first kappa shape index (κ1) is 20.2. The molecule has 5 nitrogen and oxygen atoms in total. The molecule has 2 aromatic rings. The molecule has 0 bridgehead atoms. The van der Waals surface area contributed by atoms with Crippen molar-refractivity contribution >= 4 is 29.1 Å². The van der Waals surface area contributed by atoms with Crippen LogP contribution < -0.4 is 4.74 Å². The first-order valence-corrected chi connectivity index (χ1v) is 10.1. The van der Waals surface area contributed by atoms with Crippen molar-refractivity contribution in [2.24, 2.45) is 0 Å². The number of amides is 2. The molecule has 2 aromatic carbocycles. The molecule has 28 heavy (non-hydrogen) atoms. The summed E-state index contributed by atoms with van der Waals surface area (Å²) in [5, 5.41) is 0. The van der Waals surface area contributed by atoms with Crippen LogP contribution in [0.1, 0.15) is 17.5 Å². The van der Waals surface area contributed by atoms with Gasteiger partial charge in [-0.05, 0) is 18.1 Å². The number of carbonyl (C=O) groups excluding carboxylic acids is 2. The number of ether oxygens (including phenoxy) is 2. The van der Waals surface area contributed by atoms with E-state index in [9.17, 15) is 9.59 Å². The van der Waals surface area contributed by atoms with Gasteiger partial charge in [-0.25, -0.2) is 0 Å². The Morgan fingerprint density at radius 3 is 2.36 bits per heavy atom. The zero-order valence-corrected chi connectivity index (χ0v) is 16.8. The maximum atomic E-state index is 13.1. The lowest BCUT2D eigenvalue weighted by Gasteiger charge is -2.15. The summed E-state index contributed by atoms with van der Waals surface area (Å²) >= 11 is 1.39. The molecule has 0 saturated carbocycles. The number of methoxy groups -OCH3 is 2. The number of thioether (sulfide) groups is 1. The van der Waals surface area contributed by atoms with Crippen LogP contribution in [0.5, 0.6) is 5.75 Å². The van der Waals surface area contributed by atoms with Crippen molar-refractivity contribution in [1.29, 1.82) is 0 Å². The van der Waals surface area contributed by atoms with Gasteiger partial charge in [0.15, 0.2) is 0 Å². The Hall–Kier alpha value is -2.57. The van der Waals surface area contributed by atoms with E-state index in [2.05, 4.69) is 0 Å². The molecule has 0 aliphatic carbocycles. The van der Waals surface area contributed by atoms with Crippen LogP contribution in [0.25, 0.3) is 5.57 Å². The topological polar surface area (TPSA) is 55.8 Å². The average Bonchev–Trinajstić information content (AvgIpc) is 2.97. The summed E-state index contributed by atoms with van der Waals surface area (Å²) in [4.78, 5) is 28.0. The quantitative estimate of drug-likeness (QED) is 0.477. The summed E-state index contributed by atoms with van der Waals surface area (Å²) in [6, 6.07) is 17.2. The minimum absolute atomic E-state index is 0.247. The molecule has 0 spiro atoms. The largest absolute Gasteiger partial charge is 0.496 e. The van der Waals surface area contributed by atoms with E-state index in [0.29, 0.717) is 47.1 Å². The molecule has 0 radical (unpaired) electrons. The van der Waals surface area contributed by atoms with E-state index in [1.165, 1.54) is 16.7 Å². The minimum Gasteiger partial charge on any atom is -0.496 e. The minimum atomic E-state index is -0.277. The molecule has 1 aliphatic heterocycles. The highest BCUT2D eigenvalue weighted by Crippen LogP contribution is 2.40. The van der Waals surface area contributed by atoms with E-state index < -0.39 is 0 Å². The fourth-order valence-electron chi connectivity index (χ4n) is 3.08. The number of hydrogen-bond acceptors (Lipinski definition) is 5. The highest BCUT2D eigenvalue weighted by atomic mass is 32.2. The second-order valence-electron chi connectivity index (χ2n) is 6.29. The lowest BCUT2D eigenvalue weighted by molar-refractivity contribution is -0.136. The van der Waals surface area contributed by atoms with Gasteiger partial charge in [0, 0.05) is 31.6 Å². The number of hydrogen-bond donors (Lipinski definition) is 0. The number of nitrogens with zero attached hydrogens (tertiary/aromatic N) is 1. The molecule has 3 rings (SSSR count). The van der Waals surface area contributed by atoms with Crippen LogP contribution in [0.4, 0.5) is 0 Å². The number of benzene rings is 2. The monoisotopic (exact) mass is 397 g/mol. The number of imide groups is 1. The van der Waals surface area contributed by atoms with Gasteiger partial charge in [-0.15, -0.1) is 11.8 Å². The number of carbonyl (C=O) groups is 2. The first-order valence-electron chi connectivity index (χ1n) is 9.07. The molecule has 0 fully saturated rings. The summed E-state index contributed by atoms with van der Waals surface area (Å²) in [5.41, 5.74) is 2.16. The molecule has 0 N–H and O–H groups in total. The van der Waals surface area contributed by atoms with Crippen molar-refractivity contribution in [1.82, 2.24) is 4.90 Å². The van der Waals surface area contributed by atoms with Crippen molar-refractivity contribution in [3.05, 3.63) is 70.6 Å². The van der Waals surface area contributed by atoms with Crippen molar-refractivity contribution in [3.63, 3.8) is 0 Å². The van der Waals surface area contributed by atoms with Crippen LogP contribution in [0, 0.1) is 0 Å². The molecular weight excluding hydrogens is 374 g/mol. The predicted molar refractivity (Wildman–Crippen MR) is 111 cm³/mol. The third kappa shape index (κ3) is 4.29. The van der Waals surface area contributed by atoms with Crippen LogP contribution in [0.2, 0.25) is 0 Å². The van der Waals surface area contributed by atoms with Crippen LogP contribution in [0.15, 0.2) is 59.5 Å². The fourth-order valence-corrected chi connectivity index (χ4v) is 4.15. The molecule has 0 atom stereocenters. The smallest absolute Gasteiger partial charge is 0.267 e. The molecule has 0 saturated heterocycles. The molecule has 0 aromatic heterocycles. The molecule has 0 unspecified atom stereocenters. The maximum absolute atomic E-state index is 13.1. The number of rotatable bonds is 9. The lowest BCUT2D eigenvalue weighted by atomic mass is 10.1. The van der Waals surface area contributed by atoms with Crippen LogP contribution in [-0.4, -0.2) is 44.1 Å². The van der Waals surface area contributed by atoms with E-state index in [4.69, 9.17) is 9.47 Å². The normalized spacial score (nSPS) is 14.1. The van der Waals surface area contributed by atoms with Crippen LogP contribution >= 0.6 is 11.8 Å². The molecule has 2 amide bonds. The molecule has 1 aliphatic rings. The second-order valence-corrected chi connectivity index (χ2v) is 7.27. The van der Waals surface area contributed by atoms with Gasteiger partial charge in [0.1, 0.15) is 5.75 Å². The van der Waals surface area contributed by atoms with Crippen molar-refractivity contribution in [2.45, 2.75) is 12.2 Å². The Bertz CT molecular complexity index is 879. The van der Waals surface area contributed by atoms with Crippen molar-refractivity contribution < 1.29 is 19.1 Å². The summed E-state index contributed by atoms with van der Waals surface area (Å²) in [6.45, 7) is 0.826. The standard InChI is InChI=1S/C22H23NO4S/c1-26-14-8-13-23-21(24)19(17-11-6-7-12-18(17)27-2)20(22(23)25)28-15-16-9-4-3-5-10-16/h3-7,9-12H,8,13-15H2,1-2H3. The van der Waals surface area contributed by atoms with E-state index >= 15 is 0 Å².